The Bertz CT molecular complexity index is 155. The maximum Gasteiger partial charge on any atom is 0.0107 e. The number of hydrogen-bond donors (Lipinski definition) is 1. The number of nitrogens with one attached hydrogen (secondary N) is 1. The minimum Gasteiger partial charge on any atom is -0.315 e. The Labute approximate surface area is 102 Å². The molecule has 0 aromatic rings. The molecule has 0 amide bonds. The van der Waals surface area contributed by atoms with E-state index in [9.17, 15) is 0 Å². The molecule has 1 fully saturated rings. The molecule has 1 N–H and O–H groups in total. The summed E-state index contributed by atoms with van der Waals surface area (Å²) in [6.07, 6.45) is 8.42. The molecule has 2 nitrogen and oxygen atoms in total. The molecule has 0 radical (unpaired) electrons. The Hall–Kier alpha value is -0.0800. The van der Waals surface area contributed by atoms with Gasteiger partial charge in [-0.3, -0.25) is 0 Å². The third-order valence-corrected chi connectivity index (χ3v) is 3.47. The van der Waals surface area contributed by atoms with E-state index in [-0.39, 0.29) is 0 Å². The highest BCUT2D eigenvalue weighted by molar-refractivity contribution is 4.77. The maximum atomic E-state index is 3.56. The fraction of sp³-hybridized carbons (Fsp3) is 1.00. The molecule has 1 saturated carbocycles. The first-order valence-electron chi connectivity index (χ1n) is 7.29. The van der Waals surface area contributed by atoms with Crippen LogP contribution in [-0.2, 0) is 0 Å². The van der Waals surface area contributed by atoms with Gasteiger partial charge in [-0.25, -0.2) is 0 Å². The second-order valence-electron chi connectivity index (χ2n) is 5.15. The van der Waals surface area contributed by atoms with Gasteiger partial charge in [-0.05, 0) is 38.3 Å². The maximum absolute atomic E-state index is 3.56. The fourth-order valence-corrected chi connectivity index (χ4v) is 2.08. The van der Waals surface area contributed by atoms with Crippen molar-refractivity contribution >= 4 is 0 Å². The van der Waals surface area contributed by atoms with Crippen molar-refractivity contribution in [3.8, 4) is 0 Å². The molecule has 0 atom stereocenters. The largest absolute Gasteiger partial charge is 0.315 e. The van der Waals surface area contributed by atoms with Crippen LogP contribution in [0.2, 0.25) is 0 Å². The highest BCUT2D eigenvalue weighted by Crippen LogP contribution is 2.29. The van der Waals surface area contributed by atoms with Crippen LogP contribution in [0.15, 0.2) is 0 Å². The van der Waals surface area contributed by atoms with Gasteiger partial charge in [0.05, 0.1) is 0 Å². The third-order valence-electron chi connectivity index (χ3n) is 3.47. The first-order valence-corrected chi connectivity index (χ1v) is 7.29. The van der Waals surface area contributed by atoms with Gasteiger partial charge in [-0.2, -0.15) is 0 Å². The molecule has 1 aliphatic rings. The summed E-state index contributed by atoms with van der Waals surface area (Å²) in [5, 5.41) is 3.56. The topological polar surface area (TPSA) is 15.3 Å². The molecular weight excluding hydrogens is 196 g/mol. The molecule has 16 heavy (non-hydrogen) atoms. The van der Waals surface area contributed by atoms with E-state index in [1.54, 1.807) is 0 Å². The van der Waals surface area contributed by atoms with Crippen molar-refractivity contribution in [2.75, 3.05) is 32.7 Å². The smallest absolute Gasteiger partial charge is 0.0107 e. The minimum atomic E-state index is 1.03. The first kappa shape index (κ1) is 14.0. The van der Waals surface area contributed by atoms with Gasteiger partial charge in [0.25, 0.3) is 0 Å². The Morgan fingerprint density at radius 3 is 2.50 bits per heavy atom. The molecule has 0 bridgehead atoms. The molecule has 0 heterocycles. The molecule has 0 aromatic heterocycles. The standard InChI is InChI=1S/C14H30N2/c1-3-5-6-7-10-15-11-12-16(4-2)13-14-8-9-14/h14-15H,3-13H2,1-2H3. The van der Waals surface area contributed by atoms with Crippen molar-refractivity contribution in [3.05, 3.63) is 0 Å². The zero-order chi connectivity index (χ0) is 11.6. The summed E-state index contributed by atoms with van der Waals surface area (Å²) in [6.45, 7) is 10.7. The lowest BCUT2D eigenvalue weighted by Gasteiger charge is -2.20. The molecule has 0 unspecified atom stereocenters. The SMILES string of the molecule is CCCCCCNCCN(CC)CC1CC1. The minimum absolute atomic E-state index is 1.03. The quantitative estimate of drug-likeness (QED) is 0.545. The lowest BCUT2D eigenvalue weighted by Crippen LogP contribution is -2.33. The summed E-state index contributed by atoms with van der Waals surface area (Å²) >= 11 is 0. The van der Waals surface area contributed by atoms with E-state index in [1.165, 1.54) is 71.2 Å². The summed E-state index contributed by atoms with van der Waals surface area (Å²) in [7, 11) is 0. The van der Waals surface area contributed by atoms with Crippen LogP contribution in [-0.4, -0.2) is 37.6 Å². The van der Waals surface area contributed by atoms with E-state index in [4.69, 9.17) is 0 Å². The van der Waals surface area contributed by atoms with Gasteiger partial charge in [-0.1, -0.05) is 33.1 Å². The van der Waals surface area contributed by atoms with Crippen LogP contribution in [0.3, 0.4) is 0 Å². The second kappa shape index (κ2) is 9.00. The van der Waals surface area contributed by atoms with Crippen LogP contribution < -0.4 is 5.32 Å². The number of unbranched alkanes of at least 4 members (excludes halogenated alkanes) is 3. The van der Waals surface area contributed by atoms with Crippen LogP contribution in [0.4, 0.5) is 0 Å². The van der Waals surface area contributed by atoms with Crippen LogP contribution in [0.1, 0.15) is 52.4 Å². The highest BCUT2D eigenvalue weighted by atomic mass is 15.1. The van der Waals surface area contributed by atoms with Gasteiger partial charge >= 0.3 is 0 Å². The Balaban J connectivity index is 1.84. The van der Waals surface area contributed by atoms with E-state index in [0.717, 1.165) is 5.92 Å². The van der Waals surface area contributed by atoms with E-state index in [0.29, 0.717) is 0 Å². The van der Waals surface area contributed by atoms with Crippen molar-refractivity contribution in [1.82, 2.24) is 10.2 Å². The molecule has 1 rings (SSSR count). The zero-order valence-corrected chi connectivity index (χ0v) is 11.3. The molecule has 0 spiro atoms. The van der Waals surface area contributed by atoms with E-state index in [1.807, 2.05) is 0 Å². The van der Waals surface area contributed by atoms with E-state index in [2.05, 4.69) is 24.1 Å². The Morgan fingerprint density at radius 1 is 1.06 bits per heavy atom. The molecule has 1 aliphatic carbocycles. The van der Waals surface area contributed by atoms with Gasteiger partial charge in [0.15, 0.2) is 0 Å². The van der Waals surface area contributed by atoms with Gasteiger partial charge in [0.2, 0.25) is 0 Å². The normalized spacial score (nSPS) is 15.9. The van der Waals surface area contributed by atoms with Crippen LogP contribution >= 0.6 is 0 Å². The van der Waals surface area contributed by atoms with Gasteiger partial charge in [0.1, 0.15) is 0 Å². The van der Waals surface area contributed by atoms with Crippen molar-refractivity contribution < 1.29 is 0 Å². The van der Waals surface area contributed by atoms with Crippen LogP contribution in [0, 0.1) is 5.92 Å². The molecular formula is C14H30N2. The number of hydrogen-bond acceptors (Lipinski definition) is 2. The molecule has 96 valence electrons. The second-order valence-corrected chi connectivity index (χ2v) is 5.15. The van der Waals surface area contributed by atoms with Crippen molar-refractivity contribution in [3.63, 3.8) is 0 Å². The molecule has 0 aromatic carbocycles. The number of rotatable bonds is 11. The summed E-state index contributed by atoms with van der Waals surface area (Å²) < 4.78 is 0. The summed E-state index contributed by atoms with van der Waals surface area (Å²) in [5.41, 5.74) is 0. The van der Waals surface area contributed by atoms with Crippen molar-refractivity contribution in [2.24, 2.45) is 5.92 Å². The van der Waals surface area contributed by atoms with Crippen LogP contribution in [0.25, 0.3) is 0 Å². The highest BCUT2D eigenvalue weighted by Gasteiger charge is 2.23. The molecule has 2 heteroatoms. The molecule has 0 aliphatic heterocycles. The number of nitrogens with zero attached hydrogens (tertiary/aromatic N) is 1. The van der Waals surface area contributed by atoms with Crippen molar-refractivity contribution in [1.29, 1.82) is 0 Å². The van der Waals surface area contributed by atoms with Crippen LogP contribution in [0.5, 0.6) is 0 Å². The van der Waals surface area contributed by atoms with E-state index >= 15 is 0 Å². The predicted molar refractivity (Wildman–Crippen MR) is 71.8 cm³/mol. The average molecular weight is 226 g/mol. The van der Waals surface area contributed by atoms with E-state index < -0.39 is 0 Å². The third kappa shape index (κ3) is 7.24. The van der Waals surface area contributed by atoms with Gasteiger partial charge < -0.3 is 10.2 Å². The summed E-state index contributed by atoms with van der Waals surface area (Å²) in [6, 6.07) is 0. The Morgan fingerprint density at radius 2 is 1.88 bits per heavy atom. The monoisotopic (exact) mass is 226 g/mol. The fourth-order valence-electron chi connectivity index (χ4n) is 2.08. The average Bonchev–Trinajstić information content (AvgIpc) is 3.10. The lowest BCUT2D eigenvalue weighted by atomic mass is 10.2. The van der Waals surface area contributed by atoms with Gasteiger partial charge in [0, 0.05) is 19.6 Å². The number of likely N-dealkylation sites (N-methyl/N-ethyl adjacent to an activating group) is 1. The Kier molecular flexibility index (Phi) is 7.87. The summed E-state index contributed by atoms with van der Waals surface area (Å²) in [4.78, 5) is 2.59. The first-order chi connectivity index (χ1) is 7.86. The van der Waals surface area contributed by atoms with Crippen molar-refractivity contribution in [2.45, 2.75) is 52.4 Å². The lowest BCUT2D eigenvalue weighted by molar-refractivity contribution is 0.276. The summed E-state index contributed by atoms with van der Waals surface area (Å²) in [5.74, 6) is 1.03. The molecule has 0 saturated heterocycles. The zero-order valence-electron chi connectivity index (χ0n) is 11.3. The predicted octanol–water partition coefficient (Wildman–Crippen LogP) is 2.89. The van der Waals surface area contributed by atoms with Gasteiger partial charge in [-0.15, -0.1) is 0 Å².